The number of carbonyl (C=O) groups is 1. The van der Waals surface area contributed by atoms with Crippen molar-refractivity contribution in [1.29, 1.82) is 0 Å². The molecule has 6 nitrogen and oxygen atoms in total. The Hall–Kier alpha value is -0.299. The zero-order valence-electron chi connectivity index (χ0n) is 16.8. The first-order chi connectivity index (χ1) is 11.2. The second-order valence-electron chi connectivity index (χ2n) is 8.36. The van der Waals surface area contributed by atoms with Crippen molar-refractivity contribution in [3.8, 4) is 0 Å². The highest BCUT2D eigenvalue weighted by Gasteiger charge is 2.28. The largest absolute Gasteiger partial charge is 0.478 e. The van der Waals surface area contributed by atoms with Crippen LogP contribution in [0.1, 0.15) is 26.2 Å². The summed E-state index contributed by atoms with van der Waals surface area (Å²) < 4.78 is 12.5. The summed E-state index contributed by atoms with van der Waals surface area (Å²) >= 11 is 0. The van der Waals surface area contributed by atoms with E-state index < -0.39 is 38.0 Å². The molecule has 9 heteroatoms. The fraction of sp³-hybridized carbons (Fsp3) is 0.812. The summed E-state index contributed by atoms with van der Waals surface area (Å²) in [6.45, 7) is 14.1. The fourth-order valence-corrected chi connectivity index (χ4v) is 10.8. The Morgan fingerprint density at radius 2 is 1.56 bits per heavy atom. The summed E-state index contributed by atoms with van der Waals surface area (Å²) in [5.41, 5.74) is 0.936. The SMILES string of the molecule is CC(C(=O)O)=C(CCC[SiH](O[Si](C)(C)C)O[Si](C)(C)C)CC(O)CO. The Bertz CT molecular complexity index is 438. The van der Waals surface area contributed by atoms with Crippen molar-refractivity contribution < 1.29 is 28.3 Å². The van der Waals surface area contributed by atoms with Gasteiger partial charge in [0.1, 0.15) is 0 Å². The minimum absolute atomic E-state index is 0.185. The average Bonchev–Trinajstić information content (AvgIpc) is 2.41. The molecule has 0 aliphatic carbocycles. The predicted octanol–water partition coefficient (Wildman–Crippen LogP) is 2.83. The van der Waals surface area contributed by atoms with Gasteiger partial charge in [-0.25, -0.2) is 4.79 Å². The molecule has 0 amide bonds. The number of aliphatic hydroxyl groups is 2. The smallest absolute Gasteiger partial charge is 0.331 e. The van der Waals surface area contributed by atoms with Gasteiger partial charge in [-0.15, -0.1) is 0 Å². The molecule has 0 saturated heterocycles. The maximum Gasteiger partial charge on any atom is 0.331 e. The van der Waals surface area contributed by atoms with Crippen molar-refractivity contribution in [3.63, 3.8) is 0 Å². The minimum Gasteiger partial charge on any atom is -0.478 e. The van der Waals surface area contributed by atoms with Gasteiger partial charge in [0, 0.05) is 5.57 Å². The highest BCUT2D eigenvalue weighted by molar-refractivity contribution is 6.81. The average molecular weight is 409 g/mol. The Morgan fingerprint density at radius 1 is 1.08 bits per heavy atom. The molecule has 1 atom stereocenters. The van der Waals surface area contributed by atoms with Crippen LogP contribution >= 0.6 is 0 Å². The molecular formula is C16H36O6Si3. The van der Waals surface area contributed by atoms with Crippen LogP contribution in [0.3, 0.4) is 0 Å². The molecule has 0 saturated carbocycles. The summed E-state index contributed by atoms with van der Waals surface area (Å²) in [7, 11) is -5.18. The van der Waals surface area contributed by atoms with E-state index in [0.717, 1.165) is 12.5 Å². The molecule has 0 aromatic carbocycles. The number of carboxylic acids is 1. The van der Waals surface area contributed by atoms with Gasteiger partial charge in [0.2, 0.25) is 0 Å². The van der Waals surface area contributed by atoms with Gasteiger partial charge in [-0.2, -0.15) is 0 Å². The second kappa shape index (κ2) is 10.8. The van der Waals surface area contributed by atoms with E-state index in [2.05, 4.69) is 39.3 Å². The molecule has 25 heavy (non-hydrogen) atoms. The lowest BCUT2D eigenvalue weighted by molar-refractivity contribution is -0.132. The molecule has 0 aliphatic rings. The van der Waals surface area contributed by atoms with Crippen molar-refractivity contribution in [2.45, 2.75) is 77.6 Å². The van der Waals surface area contributed by atoms with Crippen molar-refractivity contribution in [3.05, 3.63) is 11.1 Å². The maximum atomic E-state index is 11.3. The van der Waals surface area contributed by atoms with Gasteiger partial charge in [0.05, 0.1) is 12.7 Å². The molecule has 148 valence electrons. The van der Waals surface area contributed by atoms with Gasteiger partial charge in [-0.3, -0.25) is 0 Å². The third-order valence-electron chi connectivity index (χ3n) is 3.43. The monoisotopic (exact) mass is 408 g/mol. The van der Waals surface area contributed by atoms with Gasteiger partial charge in [0.25, 0.3) is 0 Å². The first-order valence-corrected chi connectivity index (χ1v) is 17.4. The van der Waals surface area contributed by atoms with E-state index in [1.165, 1.54) is 0 Å². The van der Waals surface area contributed by atoms with E-state index in [-0.39, 0.29) is 18.6 Å². The van der Waals surface area contributed by atoms with Crippen LogP contribution in [0.25, 0.3) is 0 Å². The van der Waals surface area contributed by atoms with E-state index in [0.29, 0.717) is 12.0 Å². The van der Waals surface area contributed by atoms with Crippen molar-refractivity contribution in [2.75, 3.05) is 6.61 Å². The van der Waals surface area contributed by atoms with Gasteiger partial charge < -0.3 is 23.5 Å². The van der Waals surface area contributed by atoms with Crippen LogP contribution in [0.2, 0.25) is 45.3 Å². The number of hydrogen-bond acceptors (Lipinski definition) is 5. The van der Waals surface area contributed by atoms with E-state index in [9.17, 15) is 15.0 Å². The Kier molecular flexibility index (Phi) is 10.6. The van der Waals surface area contributed by atoms with Gasteiger partial charge in [0.15, 0.2) is 16.6 Å². The molecule has 0 radical (unpaired) electrons. The third kappa shape index (κ3) is 12.7. The lowest BCUT2D eigenvalue weighted by Crippen LogP contribution is -2.43. The number of hydrogen-bond donors (Lipinski definition) is 3. The lowest BCUT2D eigenvalue weighted by Gasteiger charge is -2.30. The van der Waals surface area contributed by atoms with Crippen molar-refractivity contribution >= 4 is 31.9 Å². The molecule has 0 spiro atoms. The summed E-state index contributed by atoms with van der Waals surface area (Å²) in [6.07, 6.45) is 0.603. The van der Waals surface area contributed by atoms with E-state index in [4.69, 9.17) is 13.3 Å². The van der Waals surface area contributed by atoms with Gasteiger partial charge in [-0.1, -0.05) is 5.57 Å². The number of aliphatic hydroxyl groups excluding tert-OH is 2. The van der Waals surface area contributed by atoms with Crippen molar-refractivity contribution in [2.24, 2.45) is 0 Å². The van der Waals surface area contributed by atoms with Gasteiger partial charge in [-0.05, 0) is 71.5 Å². The second-order valence-corrected chi connectivity index (χ2v) is 20.1. The number of rotatable bonds is 12. The fourth-order valence-electron chi connectivity index (χ4n) is 2.36. The van der Waals surface area contributed by atoms with Crippen molar-refractivity contribution in [1.82, 2.24) is 0 Å². The van der Waals surface area contributed by atoms with Crippen LogP contribution in [0, 0.1) is 0 Å². The van der Waals surface area contributed by atoms with E-state index in [1.54, 1.807) is 6.92 Å². The summed E-state index contributed by atoms with van der Waals surface area (Å²) in [4.78, 5) is 11.3. The third-order valence-corrected chi connectivity index (χ3v) is 12.1. The molecule has 0 bridgehead atoms. The molecule has 0 heterocycles. The van der Waals surface area contributed by atoms with Crippen LogP contribution in [-0.2, 0) is 13.0 Å². The Morgan fingerprint density at radius 3 is 1.92 bits per heavy atom. The quantitative estimate of drug-likeness (QED) is 0.339. The molecule has 0 aromatic rings. The van der Waals surface area contributed by atoms with Gasteiger partial charge >= 0.3 is 15.3 Å². The first-order valence-electron chi connectivity index (χ1n) is 8.81. The van der Waals surface area contributed by atoms with Crippen LogP contribution < -0.4 is 0 Å². The minimum atomic E-state index is -1.80. The van der Waals surface area contributed by atoms with Crippen LogP contribution in [-0.4, -0.2) is 59.9 Å². The number of aliphatic carboxylic acids is 1. The zero-order chi connectivity index (χ0) is 19.8. The summed E-state index contributed by atoms with van der Waals surface area (Å²) in [5, 5.41) is 27.9. The number of carboxylic acid groups (broad SMARTS) is 1. The summed E-state index contributed by atoms with van der Waals surface area (Å²) in [5.74, 6) is -0.981. The van der Waals surface area contributed by atoms with E-state index in [1.807, 2.05) is 0 Å². The first kappa shape index (κ1) is 24.7. The van der Waals surface area contributed by atoms with Crippen LogP contribution in [0.5, 0.6) is 0 Å². The lowest BCUT2D eigenvalue weighted by atomic mass is 9.98. The molecule has 0 rings (SSSR count). The Labute approximate surface area is 156 Å². The Balaban J connectivity index is 4.93. The van der Waals surface area contributed by atoms with E-state index >= 15 is 0 Å². The predicted molar refractivity (Wildman–Crippen MR) is 108 cm³/mol. The standard InChI is InChI=1S/C16H36O6Si3/c1-13(16(19)20)14(11-15(18)12-17)9-8-10-23(21-24(2,3)4)22-25(5,6)7/h15,17-18,23H,8-12H2,1-7H3,(H,19,20). The summed E-state index contributed by atoms with van der Waals surface area (Å²) in [6, 6.07) is 0.820. The molecule has 0 aliphatic heterocycles. The molecule has 0 aromatic heterocycles. The highest BCUT2D eigenvalue weighted by Crippen LogP contribution is 2.22. The topological polar surface area (TPSA) is 96.2 Å². The molecule has 3 N–H and O–H groups in total. The van der Waals surface area contributed by atoms with Crippen LogP contribution in [0.4, 0.5) is 0 Å². The normalized spacial score (nSPS) is 15.3. The maximum absolute atomic E-state index is 11.3. The molecule has 1 unspecified atom stereocenters. The molecule has 0 fully saturated rings. The zero-order valence-corrected chi connectivity index (χ0v) is 19.9. The van der Waals surface area contributed by atoms with Crippen LogP contribution in [0.15, 0.2) is 11.1 Å². The highest BCUT2D eigenvalue weighted by atomic mass is 28.4. The molecular weight excluding hydrogens is 372 g/mol.